The molecule has 128 valence electrons. The molecule has 0 radical (unpaired) electrons. The molecule has 6 nitrogen and oxygen atoms in total. The van der Waals surface area contributed by atoms with Crippen LogP contribution in [0.5, 0.6) is 0 Å². The topological polar surface area (TPSA) is 62.7 Å². The van der Waals surface area contributed by atoms with Crippen molar-refractivity contribution in [3.8, 4) is 0 Å². The van der Waals surface area contributed by atoms with E-state index in [0.717, 1.165) is 24.0 Å². The van der Waals surface area contributed by atoms with Crippen molar-refractivity contribution >= 4 is 17.6 Å². The molecule has 0 saturated heterocycles. The molecule has 2 aliphatic rings. The summed E-state index contributed by atoms with van der Waals surface area (Å²) >= 11 is 0. The minimum atomic E-state index is -0.344. The minimum Gasteiger partial charge on any atom is -0.343 e. The van der Waals surface area contributed by atoms with Crippen LogP contribution in [0.4, 0.5) is 11.8 Å². The van der Waals surface area contributed by atoms with Gasteiger partial charge in [-0.2, -0.15) is 0 Å². The number of anilines is 2. The van der Waals surface area contributed by atoms with Crippen LogP contribution in [0, 0.1) is 5.92 Å². The molecule has 1 aromatic heterocycles. The first kappa shape index (κ1) is 16.3. The highest BCUT2D eigenvalue weighted by Crippen LogP contribution is 2.38. The maximum atomic E-state index is 6.37. The van der Waals surface area contributed by atoms with Crippen molar-refractivity contribution in [2.24, 2.45) is 23.7 Å². The molecule has 1 aliphatic carbocycles. The van der Waals surface area contributed by atoms with Crippen molar-refractivity contribution in [1.29, 1.82) is 0 Å². The quantitative estimate of drug-likeness (QED) is 0.927. The molecule has 1 aromatic rings. The molecule has 0 bridgehead atoms. The Bertz CT molecular complexity index is 596. The molecule has 0 aromatic carbocycles. The van der Waals surface area contributed by atoms with Crippen molar-refractivity contribution in [3.05, 3.63) is 5.69 Å². The van der Waals surface area contributed by atoms with Crippen LogP contribution in [0.3, 0.4) is 0 Å². The summed E-state index contributed by atoms with van der Waals surface area (Å²) in [6.07, 6.45) is 4.72. The highest BCUT2D eigenvalue weighted by molar-refractivity contribution is 6.01. The van der Waals surface area contributed by atoms with E-state index in [1.807, 2.05) is 0 Å². The van der Waals surface area contributed by atoms with Gasteiger partial charge in [0.15, 0.2) is 0 Å². The second kappa shape index (κ2) is 6.15. The fourth-order valence-electron chi connectivity index (χ4n) is 3.77. The molecule has 1 fully saturated rings. The Balaban J connectivity index is 2.04. The zero-order chi connectivity index (χ0) is 16.7. The average molecular weight is 318 g/mol. The van der Waals surface area contributed by atoms with Gasteiger partial charge in [0, 0.05) is 32.6 Å². The van der Waals surface area contributed by atoms with E-state index in [2.05, 4.69) is 49.2 Å². The largest absolute Gasteiger partial charge is 0.343 e. The van der Waals surface area contributed by atoms with Gasteiger partial charge in [-0.25, -0.2) is 9.98 Å². The van der Waals surface area contributed by atoms with Gasteiger partial charge in [-0.15, -0.1) is 0 Å². The Morgan fingerprint density at radius 2 is 1.96 bits per heavy atom. The summed E-state index contributed by atoms with van der Waals surface area (Å²) in [5.41, 5.74) is 7.27. The van der Waals surface area contributed by atoms with Gasteiger partial charge >= 0.3 is 0 Å². The van der Waals surface area contributed by atoms with E-state index < -0.39 is 0 Å². The van der Waals surface area contributed by atoms with Gasteiger partial charge in [0.05, 0.1) is 0 Å². The van der Waals surface area contributed by atoms with E-state index in [1.165, 1.54) is 31.5 Å². The normalized spacial score (nSPS) is 21.8. The lowest BCUT2D eigenvalue weighted by Gasteiger charge is -2.34. The summed E-state index contributed by atoms with van der Waals surface area (Å²) in [5.74, 6) is 3.81. The van der Waals surface area contributed by atoms with Gasteiger partial charge < -0.3 is 15.5 Å². The summed E-state index contributed by atoms with van der Waals surface area (Å²) in [6.45, 7) is 7.43. The van der Waals surface area contributed by atoms with Crippen LogP contribution < -0.4 is 15.5 Å². The maximum absolute atomic E-state index is 6.37. The molecule has 1 saturated carbocycles. The van der Waals surface area contributed by atoms with Crippen molar-refractivity contribution < 1.29 is 0 Å². The number of fused-ring (bicyclic) bond motifs is 1. The van der Waals surface area contributed by atoms with E-state index in [1.54, 1.807) is 0 Å². The zero-order valence-corrected chi connectivity index (χ0v) is 15.1. The number of aromatic nitrogens is 2. The fourth-order valence-corrected chi connectivity index (χ4v) is 3.77. The van der Waals surface area contributed by atoms with E-state index in [9.17, 15) is 0 Å². The Hall–Kier alpha value is -1.56. The molecule has 1 aliphatic heterocycles. The van der Waals surface area contributed by atoms with Gasteiger partial charge in [-0.1, -0.05) is 12.8 Å². The second-order valence-electron chi connectivity index (χ2n) is 7.04. The van der Waals surface area contributed by atoms with E-state index in [-0.39, 0.29) is 6.17 Å². The van der Waals surface area contributed by atoms with Crippen LogP contribution in [-0.4, -0.2) is 35.0 Å². The predicted molar refractivity (Wildman–Crippen MR) is 96.1 cm³/mol. The van der Waals surface area contributed by atoms with E-state index >= 15 is 0 Å². The molecule has 2 heterocycles. The summed E-state index contributed by atoms with van der Waals surface area (Å²) < 4.78 is 2.18. The molecule has 2 N–H and O–H groups in total. The molecule has 23 heavy (non-hydrogen) atoms. The summed E-state index contributed by atoms with van der Waals surface area (Å²) in [7, 11) is 4.17. The van der Waals surface area contributed by atoms with E-state index in [0.29, 0.717) is 12.0 Å². The number of rotatable bonds is 4. The number of hydrogen-bond acceptors (Lipinski definition) is 5. The molecule has 3 rings (SSSR count). The number of imidazole rings is 1. The summed E-state index contributed by atoms with van der Waals surface area (Å²) in [5, 5.41) is 0. The van der Waals surface area contributed by atoms with Crippen LogP contribution in [0.15, 0.2) is 4.99 Å². The fraction of sp³-hybridized carbons (Fsp3) is 0.765. The van der Waals surface area contributed by atoms with Gasteiger partial charge in [-0.05, 0) is 33.6 Å². The summed E-state index contributed by atoms with van der Waals surface area (Å²) in [6, 6.07) is 0.388. The van der Waals surface area contributed by atoms with Crippen molar-refractivity contribution in [2.75, 3.05) is 23.4 Å². The number of nitrogens with zero attached hydrogens (tertiary/aromatic N) is 5. The van der Waals surface area contributed by atoms with Crippen molar-refractivity contribution in [3.63, 3.8) is 0 Å². The number of aliphatic imine (C=N–C) groups is 1. The first-order chi connectivity index (χ1) is 11.0. The first-order valence-corrected chi connectivity index (χ1v) is 8.85. The average Bonchev–Trinajstić information content (AvgIpc) is 3.15. The number of amidine groups is 1. The standard InChI is InChI=1S/C17H30N6/c1-6-23-15(12-9-7-8-10-12)20-14(18)13-16(23)22(5)17(19-13)21(4)11(2)3/h11-12,14H,6-10,18H2,1-5H3. The Morgan fingerprint density at radius 3 is 2.52 bits per heavy atom. The lowest BCUT2D eigenvalue weighted by molar-refractivity contribution is 0.651. The smallest absolute Gasteiger partial charge is 0.207 e. The van der Waals surface area contributed by atoms with Crippen molar-refractivity contribution in [1.82, 2.24) is 9.55 Å². The van der Waals surface area contributed by atoms with Crippen LogP contribution in [0.1, 0.15) is 58.3 Å². The molecule has 1 atom stereocenters. The Kier molecular flexibility index (Phi) is 4.36. The van der Waals surface area contributed by atoms with E-state index in [4.69, 9.17) is 15.7 Å². The van der Waals surface area contributed by atoms with Crippen LogP contribution in [0.2, 0.25) is 0 Å². The Labute approximate surface area is 139 Å². The van der Waals surface area contributed by atoms with Crippen LogP contribution in [0.25, 0.3) is 0 Å². The van der Waals surface area contributed by atoms with Crippen molar-refractivity contribution in [2.45, 2.75) is 58.7 Å². The highest BCUT2D eigenvalue weighted by atomic mass is 15.4. The molecule has 0 amide bonds. The third kappa shape index (κ3) is 2.63. The van der Waals surface area contributed by atoms with Gasteiger partial charge in [-0.3, -0.25) is 4.57 Å². The number of hydrogen-bond donors (Lipinski definition) is 1. The predicted octanol–water partition coefficient (Wildman–Crippen LogP) is 2.65. The van der Waals surface area contributed by atoms with Gasteiger partial charge in [0.2, 0.25) is 5.95 Å². The number of nitrogens with two attached hydrogens (primary N) is 1. The summed E-state index contributed by atoms with van der Waals surface area (Å²) in [4.78, 5) is 14.2. The lowest BCUT2D eigenvalue weighted by Crippen LogP contribution is -2.41. The van der Waals surface area contributed by atoms with Crippen LogP contribution >= 0.6 is 0 Å². The molecule has 1 unspecified atom stereocenters. The lowest BCUT2D eigenvalue weighted by atomic mass is 10.0. The zero-order valence-electron chi connectivity index (χ0n) is 15.1. The minimum absolute atomic E-state index is 0.344. The van der Waals surface area contributed by atoms with Gasteiger partial charge in [0.1, 0.15) is 23.5 Å². The SMILES string of the molecule is CCN1C(C2CCCC2)=NC(N)c2nc(N(C)C(C)C)n(C)c21. The van der Waals surface area contributed by atoms with Crippen LogP contribution in [-0.2, 0) is 7.05 Å². The first-order valence-electron chi connectivity index (χ1n) is 8.85. The molecular weight excluding hydrogens is 288 g/mol. The molecule has 0 spiro atoms. The van der Waals surface area contributed by atoms with Gasteiger partial charge in [0.25, 0.3) is 0 Å². The molecule has 6 heteroatoms. The Morgan fingerprint density at radius 1 is 1.30 bits per heavy atom. The third-order valence-electron chi connectivity index (χ3n) is 5.28. The molecular formula is C17H30N6. The highest BCUT2D eigenvalue weighted by Gasteiger charge is 2.35. The third-order valence-corrected chi connectivity index (χ3v) is 5.28. The maximum Gasteiger partial charge on any atom is 0.207 e. The monoisotopic (exact) mass is 318 g/mol. The second-order valence-corrected chi connectivity index (χ2v) is 7.04.